The van der Waals surface area contributed by atoms with E-state index in [-0.39, 0.29) is 11.8 Å². The summed E-state index contributed by atoms with van der Waals surface area (Å²) in [5, 5.41) is 13.5. The lowest BCUT2D eigenvalue weighted by molar-refractivity contribution is 0.120. The molecule has 2 aromatic carbocycles. The number of ether oxygens (including phenoxy) is 1. The van der Waals surface area contributed by atoms with Crippen molar-refractivity contribution in [3.63, 3.8) is 0 Å². The van der Waals surface area contributed by atoms with Gasteiger partial charge in [-0.15, -0.1) is 6.58 Å². The van der Waals surface area contributed by atoms with Crippen LogP contribution in [0.5, 0.6) is 5.75 Å². The maximum absolute atomic E-state index is 10.1. The van der Waals surface area contributed by atoms with Gasteiger partial charge in [0, 0.05) is 30.5 Å². The Morgan fingerprint density at radius 3 is 2.71 bits per heavy atom. The highest BCUT2D eigenvalue weighted by molar-refractivity contribution is 9.10. The molecule has 7 heteroatoms. The third-order valence-electron chi connectivity index (χ3n) is 5.21. The lowest BCUT2D eigenvalue weighted by atomic mass is 10.1. The first kappa shape index (κ1) is 21.6. The van der Waals surface area contributed by atoms with E-state index >= 15 is 0 Å². The predicted molar refractivity (Wildman–Crippen MR) is 125 cm³/mol. The number of hydrogen-bond donors (Lipinski definition) is 2. The van der Waals surface area contributed by atoms with Crippen LogP contribution in [0, 0.1) is 0 Å². The van der Waals surface area contributed by atoms with Crippen LogP contribution in [0.4, 0.5) is 5.88 Å². The Morgan fingerprint density at radius 1 is 1.19 bits per heavy atom. The zero-order chi connectivity index (χ0) is 21.6. The number of nitrogens with one attached hydrogen (secondary N) is 1. The minimum absolute atomic E-state index is 0.188. The van der Waals surface area contributed by atoms with Crippen LogP contribution in [0.25, 0.3) is 0 Å². The van der Waals surface area contributed by atoms with Crippen LogP contribution < -0.4 is 10.2 Å². The molecule has 1 saturated heterocycles. The molecule has 2 N–H and O–H groups in total. The molecular weight excluding hydrogens is 458 g/mol. The van der Waals surface area contributed by atoms with Crippen LogP contribution in [0.15, 0.2) is 70.1 Å². The standard InChI is InChI=1S/C24H26BrN3O3/c1-2-10-26-22(19-16-18(29)8-9-20(19)25)23-27-21(15-17-6-4-3-5-7-17)24(31-23)28-11-13-30-14-12-28/h2-9,16,22,26,29H,1,10-15H2. The summed E-state index contributed by atoms with van der Waals surface area (Å²) >= 11 is 3.60. The number of phenolic OH excluding ortho intramolecular Hbond substituents is 1. The Morgan fingerprint density at radius 2 is 1.97 bits per heavy atom. The predicted octanol–water partition coefficient (Wildman–Crippen LogP) is 4.44. The molecule has 0 radical (unpaired) electrons. The first-order chi connectivity index (χ1) is 15.2. The monoisotopic (exact) mass is 483 g/mol. The minimum Gasteiger partial charge on any atom is -0.508 e. The maximum atomic E-state index is 10.1. The number of oxazole rings is 1. The molecule has 162 valence electrons. The van der Waals surface area contributed by atoms with Gasteiger partial charge in [-0.2, -0.15) is 0 Å². The zero-order valence-electron chi connectivity index (χ0n) is 17.3. The topological polar surface area (TPSA) is 70.8 Å². The molecule has 4 rings (SSSR count). The number of benzene rings is 2. The molecule has 1 aliphatic rings. The summed E-state index contributed by atoms with van der Waals surface area (Å²) in [6, 6.07) is 15.1. The summed E-state index contributed by atoms with van der Waals surface area (Å²) in [5.41, 5.74) is 2.92. The van der Waals surface area contributed by atoms with Gasteiger partial charge in [0.15, 0.2) is 0 Å². The van der Waals surface area contributed by atoms with Crippen molar-refractivity contribution in [2.75, 3.05) is 37.7 Å². The van der Waals surface area contributed by atoms with Gasteiger partial charge in [-0.1, -0.05) is 52.3 Å². The maximum Gasteiger partial charge on any atom is 0.220 e. The Kier molecular flexibility index (Phi) is 7.06. The largest absolute Gasteiger partial charge is 0.508 e. The highest BCUT2D eigenvalue weighted by Crippen LogP contribution is 2.35. The van der Waals surface area contributed by atoms with Gasteiger partial charge in [-0.05, 0) is 29.3 Å². The third kappa shape index (κ3) is 5.18. The second-order valence-corrected chi connectivity index (χ2v) is 8.26. The fraction of sp³-hybridized carbons (Fsp3) is 0.292. The molecule has 1 fully saturated rings. The quantitative estimate of drug-likeness (QED) is 0.461. The normalized spacial score (nSPS) is 15.1. The average molecular weight is 484 g/mol. The molecule has 0 saturated carbocycles. The molecule has 1 aromatic heterocycles. The van der Waals surface area contributed by atoms with Crippen molar-refractivity contribution >= 4 is 21.8 Å². The Bertz CT molecular complexity index is 1020. The molecule has 0 aliphatic carbocycles. The molecular formula is C24H26BrN3O3. The smallest absolute Gasteiger partial charge is 0.220 e. The van der Waals surface area contributed by atoms with Crippen molar-refractivity contribution < 1.29 is 14.3 Å². The van der Waals surface area contributed by atoms with Crippen molar-refractivity contribution in [1.29, 1.82) is 0 Å². The van der Waals surface area contributed by atoms with Crippen molar-refractivity contribution in [2.45, 2.75) is 12.5 Å². The molecule has 6 nitrogen and oxygen atoms in total. The zero-order valence-corrected chi connectivity index (χ0v) is 18.8. The number of aromatic nitrogens is 1. The molecule has 1 unspecified atom stereocenters. The molecule has 1 atom stereocenters. The molecule has 0 amide bonds. The van der Waals surface area contributed by atoms with E-state index < -0.39 is 0 Å². The van der Waals surface area contributed by atoms with Gasteiger partial charge in [0.25, 0.3) is 0 Å². The van der Waals surface area contributed by atoms with Gasteiger partial charge >= 0.3 is 0 Å². The van der Waals surface area contributed by atoms with Gasteiger partial charge in [-0.3, -0.25) is 5.32 Å². The van der Waals surface area contributed by atoms with E-state index in [0.717, 1.165) is 34.7 Å². The van der Waals surface area contributed by atoms with E-state index in [2.05, 4.69) is 44.9 Å². The summed E-state index contributed by atoms with van der Waals surface area (Å²) in [7, 11) is 0. The molecule has 1 aliphatic heterocycles. The Hall–Kier alpha value is -2.61. The third-order valence-corrected chi connectivity index (χ3v) is 5.93. The van der Waals surface area contributed by atoms with E-state index in [0.29, 0.717) is 32.1 Å². The van der Waals surface area contributed by atoms with Crippen molar-refractivity contribution in [3.8, 4) is 5.75 Å². The molecule has 3 aromatic rings. The van der Waals surface area contributed by atoms with Crippen LogP contribution in [0.1, 0.15) is 28.8 Å². The van der Waals surface area contributed by atoms with Crippen LogP contribution in [0.2, 0.25) is 0 Å². The lowest BCUT2D eigenvalue weighted by Gasteiger charge is -2.27. The van der Waals surface area contributed by atoms with Crippen LogP contribution in [-0.4, -0.2) is 42.9 Å². The fourth-order valence-electron chi connectivity index (χ4n) is 3.69. The summed E-state index contributed by atoms with van der Waals surface area (Å²) < 4.78 is 12.8. The summed E-state index contributed by atoms with van der Waals surface area (Å²) in [4.78, 5) is 7.13. The average Bonchev–Trinajstić information content (AvgIpc) is 3.21. The van der Waals surface area contributed by atoms with E-state index in [1.165, 1.54) is 5.56 Å². The van der Waals surface area contributed by atoms with Gasteiger partial charge in [-0.25, -0.2) is 4.98 Å². The molecule has 0 spiro atoms. The number of aromatic hydroxyl groups is 1. The Labute approximate surface area is 190 Å². The lowest BCUT2D eigenvalue weighted by Crippen LogP contribution is -2.36. The number of hydrogen-bond acceptors (Lipinski definition) is 6. The van der Waals surface area contributed by atoms with Crippen LogP contribution in [-0.2, 0) is 11.2 Å². The summed E-state index contributed by atoms with van der Waals surface area (Å²) in [6.45, 7) is 7.23. The number of phenols is 1. The number of rotatable bonds is 8. The van der Waals surface area contributed by atoms with E-state index in [9.17, 15) is 5.11 Å². The summed E-state index contributed by atoms with van der Waals surface area (Å²) in [5.74, 6) is 1.53. The van der Waals surface area contributed by atoms with Crippen molar-refractivity contribution in [1.82, 2.24) is 10.3 Å². The first-order valence-electron chi connectivity index (χ1n) is 10.3. The number of morpholine rings is 1. The SMILES string of the molecule is C=CCNC(c1nc(Cc2ccccc2)c(N2CCOCC2)o1)c1cc(O)ccc1Br. The number of nitrogens with zero attached hydrogens (tertiary/aromatic N) is 2. The fourth-order valence-corrected chi connectivity index (χ4v) is 4.16. The van der Waals surface area contributed by atoms with Crippen molar-refractivity contribution in [3.05, 3.63) is 88.4 Å². The molecule has 0 bridgehead atoms. The van der Waals surface area contributed by atoms with E-state index in [1.54, 1.807) is 18.2 Å². The highest BCUT2D eigenvalue weighted by Gasteiger charge is 2.27. The molecule has 2 heterocycles. The van der Waals surface area contributed by atoms with Crippen molar-refractivity contribution in [2.24, 2.45) is 0 Å². The second-order valence-electron chi connectivity index (χ2n) is 7.40. The number of halogens is 1. The second kappa shape index (κ2) is 10.1. The van der Waals surface area contributed by atoms with Crippen LogP contribution >= 0.6 is 15.9 Å². The summed E-state index contributed by atoms with van der Waals surface area (Å²) in [6.07, 6.45) is 2.47. The van der Waals surface area contributed by atoms with E-state index in [1.807, 2.05) is 24.3 Å². The number of anilines is 1. The minimum atomic E-state index is -0.344. The van der Waals surface area contributed by atoms with Gasteiger partial charge < -0.3 is 19.2 Å². The molecule has 31 heavy (non-hydrogen) atoms. The first-order valence-corrected chi connectivity index (χ1v) is 11.1. The Balaban J connectivity index is 1.75. The van der Waals surface area contributed by atoms with Gasteiger partial charge in [0.05, 0.1) is 13.2 Å². The van der Waals surface area contributed by atoms with Crippen LogP contribution in [0.3, 0.4) is 0 Å². The van der Waals surface area contributed by atoms with Gasteiger partial charge in [0.1, 0.15) is 17.5 Å². The highest BCUT2D eigenvalue weighted by atomic mass is 79.9. The van der Waals surface area contributed by atoms with Gasteiger partial charge in [0.2, 0.25) is 11.8 Å². The van der Waals surface area contributed by atoms with E-state index in [4.69, 9.17) is 14.1 Å².